The highest BCUT2D eigenvalue weighted by atomic mass is 16.6. The summed E-state index contributed by atoms with van der Waals surface area (Å²) >= 11 is 0. The molecule has 1 aliphatic rings. The lowest BCUT2D eigenvalue weighted by atomic mass is 10.1. The van der Waals surface area contributed by atoms with Crippen LogP contribution in [0.15, 0.2) is 48.9 Å². The van der Waals surface area contributed by atoms with Crippen LogP contribution < -0.4 is 15.4 Å². The van der Waals surface area contributed by atoms with Crippen LogP contribution in [0.25, 0.3) is 11.3 Å². The van der Waals surface area contributed by atoms with Gasteiger partial charge in [0.05, 0.1) is 36.6 Å². The van der Waals surface area contributed by atoms with Crippen LogP contribution in [0.4, 0.5) is 21.1 Å². The van der Waals surface area contributed by atoms with Crippen molar-refractivity contribution in [2.75, 3.05) is 30.3 Å². The van der Waals surface area contributed by atoms with Crippen molar-refractivity contribution in [1.29, 1.82) is 0 Å². The minimum absolute atomic E-state index is 0.247. The lowest BCUT2D eigenvalue weighted by Crippen LogP contribution is -2.35. The molecule has 1 atom stereocenters. The first-order chi connectivity index (χ1) is 18.1. The standard InChI is InChI=1S/C28H34N6O4/c1-18-12-21(7-9-24(18)37-17-20-10-11-34(16-20)27(36)38-28(3,4)5)23-14-29-15-25(32-23)33-26(35)31-22-8-6-19(2)30-13-22/h6-9,12-15,20H,10-11,16-17H2,1-5H3,(H2,31,32,33,35). The van der Waals surface area contributed by atoms with Crippen LogP contribution in [0.5, 0.6) is 5.75 Å². The fraction of sp³-hybridized carbons (Fsp3) is 0.393. The lowest BCUT2D eigenvalue weighted by Gasteiger charge is -2.24. The first kappa shape index (κ1) is 26.8. The quantitative estimate of drug-likeness (QED) is 0.446. The third-order valence-corrected chi connectivity index (χ3v) is 5.93. The molecule has 1 saturated heterocycles. The van der Waals surface area contributed by atoms with Gasteiger partial charge >= 0.3 is 12.1 Å². The highest BCUT2D eigenvalue weighted by molar-refractivity contribution is 5.99. The van der Waals surface area contributed by atoms with Crippen LogP contribution in [-0.2, 0) is 4.74 Å². The molecule has 1 unspecified atom stereocenters. The van der Waals surface area contributed by atoms with Crippen LogP contribution in [0, 0.1) is 19.8 Å². The Morgan fingerprint density at radius 1 is 1.08 bits per heavy atom. The maximum atomic E-state index is 12.3. The summed E-state index contributed by atoms with van der Waals surface area (Å²) in [6, 6.07) is 8.96. The molecule has 10 heteroatoms. The second kappa shape index (κ2) is 11.5. The summed E-state index contributed by atoms with van der Waals surface area (Å²) in [5, 5.41) is 5.43. The van der Waals surface area contributed by atoms with Crippen LogP contribution in [-0.4, -0.2) is 57.3 Å². The summed E-state index contributed by atoms with van der Waals surface area (Å²) in [7, 11) is 0. The van der Waals surface area contributed by atoms with E-state index in [-0.39, 0.29) is 12.0 Å². The number of hydrogen-bond acceptors (Lipinski definition) is 7. The largest absolute Gasteiger partial charge is 0.493 e. The summed E-state index contributed by atoms with van der Waals surface area (Å²) in [4.78, 5) is 39.3. The van der Waals surface area contributed by atoms with Crippen molar-refractivity contribution < 1.29 is 19.1 Å². The number of urea groups is 1. The van der Waals surface area contributed by atoms with Gasteiger partial charge in [-0.25, -0.2) is 14.6 Å². The van der Waals surface area contributed by atoms with Crippen molar-refractivity contribution in [2.24, 2.45) is 5.92 Å². The number of nitrogens with one attached hydrogen (secondary N) is 2. The third-order valence-electron chi connectivity index (χ3n) is 5.93. The van der Waals surface area contributed by atoms with Crippen LogP contribution in [0.1, 0.15) is 38.4 Å². The summed E-state index contributed by atoms with van der Waals surface area (Å²) in [6.07, 6.45) is 5.32. The zero-order valence-corrected chi connectivity index (χ0v) is 22.4. The van der Waals surface area contributed by atoms with E-state index in [0.29, 0.717) is 36.9 Å². The van der Waals surface area contributed by atoms with E-state index in [4.69, 9.17) is 9.47 Å². The van der Waals surface area contributed by atoms with Gasteiger partial charge in [0.1, 0.15) is 11.4 Å². The lowest BCUT2D eigenvalue weighted by molar-refractivity contribution is 0.0284. The predicted molar refractivity (Wildman–Crippen MR) is 145 cm³/mol. The predicted octanol–water partition coefficient (Wildman–Crippen LogP) is 5.44. The molecule has 2 aromatic heterocycles. The number of benzene rings is 1. The van der Waals surface area contributed by atoms with Crippen molar-refractivity contribution in [3.63, 3.8) is 0 Å². The Bertz CT molecular complexity index is 1290. The molecule has 0 aliphatic carbocycles. The number of carbonyl (C=O) groups is 2. The Balaban J connectivity index is 1.32. The molecule has 3 heterocycles. The smallest absolute Gasteiger partial charge is 0.410 e. The maximum absolute atomic E-state index is 12.3. The molecule has 3 aromatic rings. The number of anilines is 2. The first-order valence-corrected chi connectivity index (χ1v) is 12.6. The van der Waals surface area contributed by atoms with Gasteiger partial charge in [-0.3, -0.25) is 15.3 Å². The van der Waals surface area contributed by atoms with Crippen molar-refractivity contribution in [3.8, 4) is 17.0 Å². The molecule has 38 heavy (non-hydrogen) atoms. The molecule has 0 saturated carbocycles. The third kappa shape index (κ3) is 7.41. The average molecular weight is 519 g/mol. The fourth-order valence-corrected chi connectivity index (χ4v) is 4.03. The topological polar surface area (TPSA) is 119 Å². The van der Waals surface area contributed by atoms with Gasteiger partial charge in [-0.1, -0.05) is 0 Å². The minimum Gasteiger partial charge on any atom is -0.493 e. The van der Waals surface area contributed by atoms with E-state index >= 15 is 0 Å². The normalized spacial score (nSPS) is 15.2. The van der Waals surface area contributed by atoms with Gasteiger partial charge in [-0.15, -0.1) is 0 Å². The summed E-state index contributed by atoms with van der Waals surface area (Å²) in [5.74, 6) is 1.35. The van der Waals surface area contributed by atoms with Gasteiger partial charge in [0.15, 0.2) is 5.82 Å². The molecule has 10 nitrogen and oxygen atoms in total. The molecule has 0 bridgehead atoms. The Labute approximate surface area is 222 Å². The molecule has 4 rings (SSSR count). The van der Waals surface area contributed by atoms with Crippen molar-refractivity contribution in [2.45, 2.75) is 46.6 Å². The Morgan fingerprint density at radius 2 is 1.89 bits per heavy atom. The highest BCUT2D eigenvalue weighted by Gasteiger charge is 2.30. The summed E-state index contributed by atoms with van der Waals surface area (Å²) in [6.45, 7) is 11.3. The van der Waals surface area contributed by atoms with Crippen molar-refractivity contribution >= 4 is 23.6 Å². The van der Waals surface area contributed by atoms with E-state index in [1.807, 2.05) is 58.9 Å². The van der Waals surface area contributed by atoms with E-state index < -0.39 is 11.6 Å². The fourth-order valence-electron chi connectivity index (χ4n) is 4.03. The number of rotatable bonds is 6. The van der Waals surface area contributed by atoms with Gasteiger partial charge in [0.2, 0.25) is 0 Å². The highest BCUT2D eigenvalue weighted by Crippen LogP contribution is 2.27. The summed E-state index contributed by atoms with van der Waals surface area (Å²) < 4.78 is 11.6. The number of aromatic nitrogens is 3. The Kier molecular flexibility index (Phi) is 8.09. The van der Waals surface area contributed by atoms with Crippen molar-refractivity contribution in [3.05, 3.63) is 60.2 Å². The molecule has 0 spiro atoms. The minimum atomic E-state index is -0.504. The van der Waals surface area contributed by atoms with E-state index in [0.717, 1.165) is 29.0 Å². The molecule has 1 aromatic carbocycles. The number of hydrogen-bond donors (Lipinski definition) is 2. The molecule has 1 aliphatic heterocycles. The maximum Gasteiger partial charge on any atom is 0.410 e. The number of aryl methyl sites for hydroxylation is 2. The van der Waals surface area contributed by atoms with Gasteiger partial charge in [-0.05, 0) is 76.9 Å². The summed E-state index contributed by atoms with van der Waals surface area (Å²) in [5.41, 5.74) is 3.37. The van der Waals surface area contributed by atoms with Gasteiger partial charge in [0.25, 0.3) is 0 Å². The van der Waals surface area contributed by atoms with Crippen LogP contribution in [0.2, 0.25) is 0 Å². The van der Waals surface area contributed by atoms with Crippen molar-refractivity contribution in [1.82, 2.24) is 19.9 Å². The second-order valence-corrected chi connectivity index (χ2v) is 10.4. The molecular formula is C28H34N6O4. The number of amides is 3. The second-order valence-electron chi connectivity index (χ2n) is 10.4. The number of carbonyl (C=O) groups excluding carboxylic acids is 2. The molecule has 200 valence electrons. The van der Waals surface area contributed by atoms with Gasteiger partial charge in [0, 0.05) is 30.3 Å². The molecule has 0 radical (unpaired) electrons. The SMILES string of the molecule is Cc1ccc(NC(=O)Nc2cncc(-c3ccc(OCC4CCN(C(=O)OC(C)(C)C)C4)c(C)c3)n2)cn1. The molecule has 3 amide bonds. The zero-order valence-electron chi connectivity index (χ0n) is 22.4. The number of pyridine rings is 1. The van der Waals surface area contributed by atoms with E-state index in [1.165, 1.54) is 6.20 Å². The number of nitrogens with zero attached hydrogens (tertiary/aromatic N) is 4. The number of likely N-dealkylation sites (tertiary alicyclic amines) is 1. The van der Waals surface area contributed by atoms with E-state index in [9.17, 15) is 9.59 Å². The monoisotopic (exact) mass is 518 g/mol. The van der Waals surface area contributed by atoms with Crippen LogP contribution >= 0.6 is 0 Å². The average Bonchev–Trinajstić information content (AvgIpc) is 3.33. The van der Waals surface area contributed by atoms with E-state index in [2.05, 4.69) is 25.6 Å². The van der Waals surface area contributed by atoms with Gasteiger partial charge < -0.3 is 19.7 Å². The van der Waals surface area contributed by atoms with Gasteiger partial charge in [-0.2, -0.15) is 0 Å². The molecule has 1 fully saturated rings. The van der Waals surface area contributed by atoms with E-state index in [1.54, 1.807) is 23.4 Å². The number of ether oxygens (including phenoxy) is 2. The zero-order chi connectivity index (χ0) is 27.3. The molecule has 2 N–H and O–H groups in total. The van der Waals surface area contributed by atoms with Crippen LogP contribution in [0.3, 0.4) is 0 Å². The Morgan fingerprint density at radius 3 is 2.61 bits per heavy atom. The Hall–Kier alpha value is -4.21. The first-order valence-electron chi connectivity index (χ1n) is 12.6. The molecular weight excluding hydrogens is 484 g/mol.